The van der Waals surface area contributed by atoms with Crippen molar-refractivity contribution >= 4 is 6.29 Å². The van der Waals surface area contributed by atoms with E-state index in [2.05, 4.69) is 6.58 Å². The highest BCUT2D eigenvalue weighted by Gasteiger charge is 2.03. The van der Waals surface area contributed by atoms with Gasteiger partial charge in [0.05, 0.1) is 6.61 Å². The second-order valence-corrected chi connectivity index (χ2v) is 2.65. The van der Waals surface area contributed by atoms with Gasteiger partial charge in [-0.1, -0.05) is 12.5 Å². The van der Waals surface area contributed by atoms with Gasteiger partial charge < -0.3 is 9.90 Å². The van der Waals surface area contributed by atoms with Crippen LogP contribution in [0.2, 0.25) is 0 Å². The number of carbonyl (C=O) groups is 1. The van der Waals surface area contributed by atoms with Crippen LogP contribution < -0.4 is 0 Å². The molecule has 0 saturated heterocycles. The monoisotopic (exact) mass is 156 g/mol. The van der Waals surface area contributed by atoms with E-state index in [1.54, 1.807) is 0 Å². The topological polar surface area (TPSA) is 37.3 Å². The fraction of sp³-hybridized carbons (Fsp3) is 0.667. The molecule has 1 unspecified atom stereocenters. The number of rotatable bonds is 7. The second kappa shape index (κ2) is 7.48. The van der Waals surface area contributed by atoms with E-state index in [1.807, 2.05) is 6.08 Å². The van der Waals surface area contributed by atoms with Crippen LogP contribution >= 0.6 is 0 Å². The van der Waals surface area contributed by atoms with Crippen LogP contribution in [-0.2, 0) is 4.79 Å². The van der Waals surface area contributed by atoms with Crippen LogP contribution in [0.5, 0.6) is 0 Å². The van der Waals surface area contributed by atoms with Gasteiger partial charge in [0, 0.05) is 5.92 Å². The molecule has 0 aromatic heterocycles. The fourth-order valence-electron chi connectivity index (χ4n) is 0.898. The third-order valence-electron chi connectivity index (χ3n) is 1.66. The van der Waals surface area contributed by atoms with E-state index < -0.39 is 0 Å². The summed E-state index contributed by atoms with van der Waals surface area (Å²) in [5.41, 5.74) is 0. The lowest BCUT2D eigenvalue weighted by Crippen LogP contribution is -2.06. The molecule has 0 aliphatic rings. The Balaban J connectivity index is 3.20. The minimum absolute atomic E-state index is 0.0163. The van der Waals surface area contributed by atoms with Crippen LogP contribution in [0.4, 0.5) is 0 Å². The zero-order valence-electron chi connectivity index (χ0n) is 6.83. The molecule has 1 N–H and O–H groups in total. The number of carbonyl (C=O) groups excluding carboxylic acids is 1. The molecule has 2 heteroatoms. The average molecular weight is 156 g/mol. The molecule has 0 fully saturated rings. The minimum Gasteiger partial charge on any atom is -0.396 e. The highest BCUT2D eigenvalue weighted by atomic mass is 16.3. The third kappa shape index (κ3) is 5.80. The van der Waals surface area contributed by atoms with Crippen molar-refractivity contribution < 1.29 is 9.90 Å². The van der Waals surface area contributed by atoms with Gasteiger partial charge in [0.25, 0.3) is 0 Å². The molecule has 0 heterocycles. The van der Waals surface area contributed by atoms with Crippen molar-refractivity contribution in [3.63, 3.8) is 0 Å². The van der Waals surface area contributed by atoms with Crippen molar-refractivity contribution in [2.24, 2.45) is 5.92 Å². The summed E-state index contributed by atoms with van der Waals surface area (Å²) in [7, 11) is 0. The Morgan fingerprint density at radius 3 is 2.64 bits per heavy atom. The molecule has 0 aliphatic heterocycles. The first-order chi connectivity index (χ1) is 5.35. The van der Waals surface area contributed by atoms with Gasteiger partial charge in [-0.05, 0) is 19.3 Å². The summed E-state index contributed by atoms with van der Waals surface area (Å²) in [5, 5.41) is 8.63. The van der Waals surface area contributed by atoms with E-state index in [0.29, 0.717) is 0 Å². The summed E-state index contributed by atoms with van der Waals surface area (Å²) in [6, 6.07) is 0. The molecule has 0 amide bonds. The van der Waals surface area contributed by atoms with Crippen molar-refractivity contribution in [2.75, 3.05) is 6.61 Å². The van der Waals surface area contributed by atoms with Gasteiger partial charge in [-0.2, -0.15) is 0 Å². The molecule has 0 spiro atoms. The molecule has 0 aromatic rings. The van der Waals surface area contributed by atoms with E-state index in [9.17, 15) is 4.79 Å². The van der Waals surface area contributed by atoms with Crippen molar-refractivity contribution in [3.8, 4) is 0 Å². The van der Waals surface area contributed by atoms with Crippen molar-refractivity contribution in [2.45, 2.75) is 25.7 Å². The van der Waals surface area contributed by atoms with Gasteiger partial charge >= 0.3 is 0 Å². The summed E-state index contributed by atoms with van der Waals surface area (Å²) in [6.07, 6.45) is 6.55. The molecular weight excluding hydrogens is 140 g/mol. The molecule has 0 aromatic carbocycles. The molecule has 0 aliphatic carbocycles. The number of hydrogen-bond acceptors (Lipinski definition) is 2. The number of aliphatic hydroxyl groups is 1. The van der Waals surface area contributed by atoms with Gasteiger partial charge in [-0.3, -0.25) is 0 Å². The van der Waals surface area contributed by atoms with Gasteiger partial charge in [0.1, 0.15) is 6.29 Å². The first-order valence-corrected chi connectivity index (χ1v) is 4.02. The Hall–Kier alpha value is -0.630. The van der Waals surface area contributed by atoms with Gasteiger partial charge in [0.2, 0.25) is 0 Å². The molecule has 0 bridgehead atoms. The van der Waals surface area contributed by atoms with Crippen molar-refractivity contribution in [1.82, 2.24) is 0 Å². The molecule has 0 radical (unpaired) electrons. The molecule has 0 saturated carbocycles. The average Bonchev–Trinajstić information content (AvgIpc) is 2.05. The lowest BCUT2D eigenvalue weighted by atomic mass is 10.0. The normalized spacial score (nSPS) is 12.5. The lowest BCUT2D eigenvalue weighted by molar-refractivity contribution is -0.112. The first-order valence-electron chi connectivity index (χ1n) is 4.02. The van der Waals surface area contributed by atoms with Crippen LogP contribution in [0, 0.1) is 5.92 Å². The minimum atomic E-state index is -0.153. The summed E-state index contributed by atoms with van der Waals surface area (Å²) in [4.78, 5) is 10.2. The largest absolute Gasteiger partial charge is 0.396 e. The Bertz CT molecular complexity index is 110. The molecule has 64 valence electrons. The van der Waals surface area contributed by atoms with Crippen LogP contribution in [0.3, 0.4) is 0 Å². The zero-order valence-corrected chi connectivity index (χ0v) is 6.83. The highest BCUT2D eigenvalue weighted by Crippen LogP contribution is 2.07. The molecule has 0 rings (SSSR count). The van der Waals surface area contributed by atoms with E-state index in [-0.39, 0.29) is 12.5 Å². The maximum Gasteiger partial charge on any atom is 0.125 e. The Labute approximate surface area is 67.9 Å². The number of aldehydes is 1. The SMILES string of the molecule is C=CCCCCC(C=O)CO. The standard InChI is InChI=1S/C9H16O2/c1-2-3-4-5-6-9(7-10)8-11/h2,7,9,11H,1,3-6,8H2. The molecule has 11 heavy (non-hydrogen) atoms. The summed E-state index contributed by atoms with van der Waals surface area (Å²) in [6.45, 7) is 3.58. The number of hydrogen-bond donors (Lipinski definition) is 1. The Morgan fingerprint density at radius 1 is 1.45 bits per heavy atom. The van der Waals surface area contributed by atoms with Gasteiger partial charge in [-0.25, -0.2) is 0 Å². The van der Waals surface area contributed by atoms with E-state index in [4.69, 9.17) is 5.11 Å². The molecular formula is C9H16O2. The van der Waals surface area contributed by atoms with E-state index in [0.717, 1.165) is 32.0 Å². The predicted molar refractivity (Wildman–Crippen MR) is 45.3 cm³/mol. The maximum absolute atomic E-state index is 10.2. The smallest absolute Gasteiger partial charge is 0.125 e. The first kappa shape index (κ1) is 10.4. The van der Waals surface area contributed by atoms with E-state index >= 15 is 0 Å². The van der Waals surface area contributed by atoms with Crippen molar-refractivity contribution in [3.05, 3.63) is 12.7 Å². The summed E-state index contributed by atoms with van der Waals surface area (Å²) < 4.78 is 0. The number of allylic oxidation sites excluding steroid dienone is 1. The Morgan fingerprint density at radius 2 is 2.18 bits per heavy atom. The molecule has 1 atom stereocenters. The highest BCUT2D eigenvalue weighted by molar-refractivity contribution is 5.53. The predicted octanol–water partition coefficient (Wildman–Crippen LogP) is 1.54. The second-order valence-electron chi connectivity index (χ2n) is 2.65. The van der Waals surface area contributed by atoms with Crippen LogP contribution in [0.25, 0.3) is 0 Å². The number of unbranched alkanes of at least 4 members (excludes halogenated alkanes) is 2. The number of aliphatic hydroxyl groups excluding tert-OH is 1. The summed E-state index contributed by atoms with van der Waals surface area (Å²) in [5.74, 6) is -0.153. The lowest BCUT2D eigenvalue weighted by Gasteiger charge is -2.03. The summed E-state index contributed by atoms with van der Waals surface area (Å²) >= 11 is 0. The van der Waals surface area contributed by atoms with Crippen molar-refractivity contribution in [1.29, 1.82) is 0 Å². The van der Waals surface area contributed by atoms with Gasteiger partial charge in [0.15, 0.2) is 0 Å². The third-order valence-corrected chi connectivity index (χ3v) is 1.66. The van der Waals surface area contributed by atoms with E-state index in [1.165, 1.54) is 0 Å². The van der Waals surface area contributed by atoms with Crippen LogP contribution in [0.15, 0.2) is 12.7 Å². The maximum atomic E-state index is 10.2. The zero-order chi connectivity index (χ0) is 8.53. The molecule has 2 nitrogen and oxygen atoms in total. The van der Waals surface area contributed by atoms with Crippen LogP contribution in [-0.4, -0.2) is 18.0 Å². The fourth-order valence-corrected chi connectivity index (χ4v) is 0.898. The van der Waals surface area contributed by atoms with Crippen LogP contribution in [0.1, 0.15) is 25.7 Å². The Kier molecular flexibility index (Phi) is 7.05. The van der Waals surface area contributed by atoms with Gasteiger partial charge in [-0.15, -0.1) is 6.58 Å². The quantitative estimate of drug-likeness (QED) is 0.345.